The van der Waals surface area contributed by atoms with Crippen LogP contribution in [0.4, 0.5) is 0 Å². The Kier molecular flexibility index (Phi) is 7.58. The smallest absolute Gasteiger partial charge is 0.281 e. The molecule has 0 aromatic carbocycles. The molecule has 104 valence electrons. The van der Waals surface area contributed by atoms with Crippen molar-refractivity contribution >= 4 is 22.6 Å². The molecular formula is C10H24ClN3O2S. The third-order valence-electron chi connectivity index (χ3n) is 3.14. The van der Waals surface area contributed by atoms with Crippen LogP contribution in [0, 0.1) is 5.92 Å². The largest absolute Gasteiger partial charge is 0.318 e. The predicted octanol–water partition coefficient (Wildman–Crippen LogP) is 0.536. The minimum absolute atomic E-state index is 0. The fourth-order valence-corrected chi connectivity index (χ4v) is 3.19. The number of nitrogens with one attached hydrogen (secondary N) is 1. The standard InChI is InChI=1S/C10H23N3O2S.ClH/c1-10-4-7-13(8-5-10)16(14,15)12(3)9-6-11-2;/h10-11H,4-9H2,1-3H3;1H. The molecule has 0 radical (unpaired) electrons. The van der Waals surface area contributed by atoms with Crippen molar-refractivity contribution in [2.24, 2.45) is 5.92 Å². The van der Waals surface area contributed by atoms with E-state index in [2.05, 4.69) is 12.2 Å². The Labute approximate surface area is 111 Å². The van der Waals surface area contributed by atoms with Crippen molar-refractivity contribution in [3.8, 4) is 0 Å². The number of halogens is 1. The molecule has 1 N–H and O–H groups in total. The maximum atomic E-state index is 12.1. The summed E-state index contributed by atoms with van der Waals surface area (Å²) in [5.74, 6) is 0.647. The van der Waals surface area contributed by atoms with Crippen molar-refractivity contribution in [3.05, 3.63) is 0 Å². The lowest BCUT2D eigenvalue weighted by Gasteiger charge is -2.32. The van der Waals surface area contributed by atoms with Crippen molar-refractivity contribution < 1.29 is 8.42 Å². The van der Waals surface area contributed by atoms with E-state index in [1.807, 2.05) is 7.05 Å². The van der Waals surface area contributed by atoms with Gasteiger partial charge >= 0.3 is 0 Å². The van der Waals surface area contributed by atoms with Gasteiger partial charge in [0.15, 0.2) is 0 Å². The molecule has 0 saturated carbocycles. The third-order valence-corrected chi connectivity index (χ3v) is 5.13. The van der Waals surface area contributed by atoms with Crippen LogP contribution in [0.25, 0.3) is 0 Å². The highest BCUT2D eigenvalue weighted by molar-refractivity contribution is 7.86. The van der Waals surface area contributed by atoms with Gasteiger partial charge in [0.25, 0.3) is 10.2 Å². The van der Waals surface area contributed by atoms with Gasteiger partial charge in [0.2, 0.25) is 0 Å². The topological polar surface area (TPSA) is 52.7 Å². The summed E-state index contributed by atoms with van der Waals surface area (Å²) in [6, 6.07) is 0. The number of rotatable bonds is 5. The van der Waals surface area contributed by atoms with Gasteiger partial charge in [-0.1, -0.05) is 6.92 Å². The number of hydrogen-bond donors (Lipinski definition) is 1. The summed E-state index contributed by atoms with van der Waals surface area (Å²) in [4.78, 5) is 0. The molecule has 0 spiro atoms. The second-order valence-electron chi connectivity index (χ2n) is 4.51. The highest BCUT2D eigenvalue weighted by Gasteiger charge is 2.29. The summed E-state index contributed by atoms with van der Waals surface area (Å²) < 4.78 is 27.3. The van der Waals surface area contributed by atoms with E-state index in [-0.39, 0.29) is 12.4 Å². The normalized spacial score (nSPS) is 19.3. The van der Waals surface area contributed by atoms with Gasteiger partial charge in [-0.25, -0.2) is 0 Å². The molecule has 5 nitrogen and oxygen atoms in total. The van der Waals surface area contributed by atoms with E-state index in [0.717, 1.165) is 12.8 Å². The van der Waals surface area contributed by atoms with Crippen molar-refractivity contribution in [1.29, 1.82) is 0 Å². The average molecular weight is 286 g/mol. The number of nitrogens with zero attached hydrogens (tertiary/aromatic N) is 2. The lowest BCUT2D eigenvalue weighted by molar-refractivity contribution is 0.270. The minimum Gasteiger partial charge on any atom is -0.318 e. The minimum atomic E-state index is -3.23. The Balaban J connectivity index is 0.00000256. The zero-order valence-electron chi connectivity index (χ0n) is 10.8. The van der Waals surface area contributed by atoms with Crippen LogP contribution in [0.1, 0.15) is 19.8 Å². The predicted molar refractivity (Wildman–Crippen MR) is 72.7 cm³/mol. The molecule has 1 aliphatic rings. The maximum Gasteiger partial charge on any atom is 0.281 e. The Morgan fingerprint density at radius 3 is 2.35 bits per heavy atom. The first kappa shape index (κ1) is 17.1. The lowest BCUT2D eigenvalue weighted by atomic mass is 10.0. The van der Waals surface area contributed by atoms with Crippen molar-refractivity contribution in [3.63, 3.8) is 0 Å². The number of likely N-dealkylation sites (N-methyl/N-ethyl adjacent to an activating group) is 2. The van der Waals surface area contributed by atoms with E-state index >= 15 is 0 Å². The van der Waals surface area contributed by atoms with Crippen LogP contribution >= 0.6 is 12.4 Å². The maximum absolute atomic E-state index is 12.1. The molecule has 1 rings (SSSR count). The zero-order chi connectivity index (χ0) is 12.2. The molecular weight excluding hydrogens is 262 g/mol. The zero-order valence-corrected chi connectivity index (χ0v) is 12.5. The summed E-state index contributed by atoms with van der Waals surface area (Å²) in [5, 5.41) is 2.96. The van der Waals surface area contributed by atoms with Crippen LogP contribution in [-0.2, 0) is 10.2 Å². The van der Waals surface area contributed by atoms with Crippen LogP contribution in [0.2, 0.25) is 0 Å². The van der Waals surface area contributed by atoms with Gasteiger partial charge in [-0.2, -0.15) is 17.0 Å². The van der Waals surface area contributed by atoms with E-state index in [1.165, 1.54) is 4.31 Å². The summed E-state index contributed by atoms with van der Waals surface area (Å²) in [7, 11) is 0.235. The van der Waals surface area contributed by atoms with E-state index in [1.54, 1.807) is 11.4 Å². The molecule has 0 aromatic rings. The second-order valence-corrected chi connectivity index (χ2v) is 6.55. The van der Waals surface area contributed by atoms with Gasteiger partial charge in [-0.3, -0.25) is 0 Å². The molecule has 7 heteroatoms. The quantitative estimate of drug-likeness (QED) is 0.802. The van der Waals surface area contributed by atoms with Crippen LogP contribution in [0.5, 0.6) is 0 Å². The highest BCUT2D eigenvalue weighted by atomic mass is 35.5. The third kappa shape index (κ3) is 4.71. The summed E-state index contributed by atoms with van der Waals surface area (Å²) in [6.45, 7) is 4.69. The Hall–Kier alpha value is 0.120. The van der Waals surface area contributed by atoms with Crippen LogP contribution in [-0.4, -0.2) is 57.3 Å². The second kappa shape index (κ2) is 7.53. The first-order valence-corrected chi connectivity index (χ1v) is 7.24. The lowest BCUT2D eigenvalue weighted by Crippen LogP contribution is -2.46. The van der Waals surface area contributed by atoms with Crippen LogP contribution < -0.4 is 5.32 Å². The van der Waals surface area contributed by atoms with E-state index in [4.69, 9.17) is 0 Å². The fraction of sp³-hybridized carbons (Fsp3) is 1.00. The first-order valence-electron chi connectivity index (χ1n) is 5.84. The monoisotopic (exact) mass is 285 g/mol. The van der Waals surface area contributed by atoms with Gasteiger partial charge in [-0.05, 0) is 25.8 Å². The first-order chi connectivity index (χ1) is 7.48. The van der Waals surface area contributed by atoms with Crippen LogP contribution in [0.15, 0.2) is 0 Å². The summed E-state index contributed by atoms with van der Waals surface area (Å²) in [6.07, 6.45) is 1.94. The van der Waals surface area contributed by atoms with E-state index in [9.17, 15) is 8.42 Å². The highest BCUT2D eigenvalue weighted by Crippen LogP contribution is 2.19. The Morgan fingerprint density at radius 2 is 1.88 bits per heavy atom. The van der Waals surface area contributed by atoms with Crippen molar-refractivity contribution in [2.45, 2.75) is 19.8 Å². The Morgan fingerprint density at radius 1 is 1.35 bits per heavy atom. The molecule has 1 saturated heterocycles. The molecule has 0 aliphatic carbocycles. The van der Waals surface area contributed by atoms with Gasteiger partial charge in [0, 0.05) is 33.2 Å². The van der Waals surface area contributed by atoms with Crippen LogP contribution in [0.3, 0.4) is 0 Å². The number of piperidine rings is 1. The molecule has 0 bridgehead atoms. The van der Waals surface area contributed by atoms with E-state index < -0.39 is 10.2 Å². The van der Waals surface area contributed by atoms with Gasteiger partial charge in [-0.15, -0.1) is 12.4 Å². The molecule has 0 unspecified atom stereocenters. The molecule has 0 amide bonds. The fourth-order valence-electron chi connectivity index (χ4n) is 1.80. The van der Waals surface area contributed by atoms with Gasteiger partial charge in [0.1, 0.15) is 0 Å². The molecule has 1 aliphatic heterocycles. The van der Waals surface area contributed by atoms with Crippen molar-refractivity contribution in [1.82, 2.24) is 13.9 Å². The van der Waals surface area contributed by atoms with Gasteiger partial charge in [0.05, 0.1) is 0 Å². The molecule has 0 aromatic heterocycles. The average Bonchev–Trinajstić information content (AvgIpc) is 2.26. The number of hydrogen-bond acceptors (Lipinski definition) is 3. The summed E-state index contributed by atoms with van der Waals surface area (Å²) >= 11 is 0. The van der Waals surface area contributed by atoms with Gasteiger partial charge < -0.3 is 5.32 Å². The van der Waals surface area contributed by atoms with E-state index in [0.29, 0.717) is 32.1 Å². The molecule has 1 fully saturated rings. The Bertz CT molecular complexity index is 303. The van der Waals surface area contributed by atoms with Crippen molar-refractivity contribution in [2.75, 3.05) is 40.3 Å². The molecule has 17 heavy (non-hydrogen) atoms. The molecule has 0 atom stereocenters. The SMILES string of the molecule is CNCCN(C)S(=O)(=O)N1CCC(C)CC1.Cl. The summed E-state index contributed by atoms with van der Waals surface area (Å²) in [5.41, 5.74) is 0. The molecule has 1 heterocycles.